The Labute approximate surface area is 145 Å². The average molecular weight is 346 g/mol. The van der Waals surface area contributed by atoms with E-state index in [2.05, 4.69) is 15.3 Å². The van der Waals surface area contributed by atoms with E-state index in [0.29, 0.717) is 12.4 Å². The van der Waals surface area contributed by atoms with E-state index in [4.69, 9.17) is 4.74 Å². The molecule has 24 heavy (non-hydrogen) atoms. The summed E-state index contributed by atoms with van der Waals surface area (Å²) in [5.41, 5.74) is 1.93. The van der Waals surface area contributed by atoms with Gasteiger partial charge in [-0.1, -0.05) is 6.07 Å². The van der Waals surface area contributed by atoms with Crippen LogP contribution >= 0.6 is 11.3 Å². The van der Waals surface area contributed by atoms with Crippen LogP contribution in [-0.4, -0.2) is 35.1 Å². The third kappa shape index (κ3) is 3.51. The first-order valence-corrected chi connectivity index (χ1v) is 8.87. The van der Waals surface area contributed by atoms with Crippen LogP contribution < -0.4 is 10.1 Å². The monoisotopic (exact) mass is 346 g/mol. The second-order valence-electron chi connectivity index (χ2n) is 5.89. The molecule has 3 rings (SSSR count). The lowest BCUT2D eigenvalue weighted by Gasteiger charge is -2.30. The summed E-state index contributed by atoms with van der Waals surface area (Å²) in [6, 6.07) is 5.54. The summed E-state index contributed by atoms with van der Waals surface area (Å²) in [6.45, 7) is 2.40. The molecule has 128 valence electrons. The number of pyridine rings is 1. The number of aryl methyl sites for hydroxylation is 2. The molecule has 7 heteroatoms. The van der Waals surface area contributed by atoms with E-state index in [0.717, 1.165) is 35.7 Å². The number of methoxy groups -OCH3 is 1. The molecule has 1 N–H and O–H groups in total. The fourth-order valence-electron chi connectivity index (χ4n) is 2.99. The Balaban J connectivity index is 1.65. The summed E-state index contributed by atoms with van der Waals surface area (Å²) in [5, 5.41) is 4.01. The van der Waals surface area contributed by atoms with Crippen LogP contribution in [0.4, 0.5) is 4.79 Å². The van der Waals surface area contributed by atoms with E-state index in [1.807, 2.05) is 26.1 Å². The van der Waals surface area contributed by atoms with Crippen LogP contribution in [0.25, 0.3) is 0 Å². The molecule has 0 radical (unpaired) electrons. The van der Waals surface area contributed by atoms with Gasteiger partial charge in [0.2, 0.25) is 5.88 Å². The van der Waals surface area contributed by atoms with Crippen molar-refractivity contribution in [2.45, 2.75) is 38.8 Å². The highest BCUT2D eigenvalue weighted by Crippen LogP contribution is 2.37. The molecule has 2 aromatic heterocycles. The largest absolute Gasteiger partial charge is 0.481 e. The van der Waals surface area contributed by atoms with Crippen LogP contribution in [0.1, 0.15) is 40.2 Å². The minimum absolute atomic E-state index is 0.0940. The smallest absolute Gasteiger partial charge is 0.318 e. The van der Waals surface area contributed by atoms with Crippen molar-refractivity contribution < 1.29 is 9.53 Å². The third-order valence-electron chi connectivity index (χ3n) is 4.23. The normalized spacial score (nSPS) is 16.4. The number of thiazole rings is 1. The van der Waals surface area contributed by atoms with E-state index >= 15 is 0 Å². The maximum Gasteiger partial charge on any atom is 0.318 e. The molecule has 0 spiro atoms. The van der Waals surface area contributed by atoms with Gasteiger partial charge in [-0.2, -0.15) is 0 Å². The van der Waals surface area contributed by atoms with Crippen LogP contribution in [0.5, 0.6) is 5.88 Å². The second kappa shape index (κ2) is 7.17. The first kappa shape index (κ1) is 16.7. The highest BCUT2D eigenvalue weighted by atomic mass is 32.1. The van der Waals surface area contributed by atoms with Crippen LogP contribution in [0, 0.1) is 6.92 Å². The lowest BCUT2D eigenvalue weighted by Crippen LogP contribution is -2.40. The van der Waals surface area contributed by atoms with Crippen molar-refractivity contribution in [1.29, 1.82) is 0 Å². The van der Waals surface area contributed by atoms with Crippen LogP contribution in [0.3, 0.4) is 0 Å². The Hall–Kier alpha value is -2.15. The molecule has 0 fully saturated rings. The zero-order chi connectivity index (χ0) is 17.1. The number of hydrogen-bond acceptors (Lipinski definition) is 5. The van der Waals surface area contributed by atoms with Gasteiger partial charge in [-0.3, -0.25) is 0 Å². The lowest BCUT2D eigenvalue weighted by molar-refractivity contribution is 0.184. The number of urea groups is 1. The van der Waals surface area contributed by atoms with E-state index in [1.165, 1.54) is 4.88 Å². The number of aromatic nitrogens is 2. The first-order valence-electron chi connectivity index (χ1n) is 8.05. The molecule has 2 aromatic rings. The van der Waals surface area contributed by atoms with E-state index < -0.39 is 0 Å². The van der Waals surface area contributed by atoms with Crippen molar-refractivity contribution in [1.82, 2.24) is 20.2 Å². The zero-order valence-electron chi connectivity index (χ0n) is 14.2. The molecule has 1 atom stereocenters. The topological polar surface area (TPSA) is 67.3 Å². The van der Waals surface area contributed by atoms with Gasteiger partial charge in [-0.25, -0.2) is 14.8 Å². The number of carbonyl (C=O) groups is 1. The van der Waals surface area contributed by atoms with Crippen LogP contribution in [0.2, 0.25) is 0 Å². The van der Waals surface area contributed by atoms with Crippen molar-refractivity contribution in [3.05, 3.63) is 39.5 Å². The fraction of sp³-hybridized carbons (Fsp3) is 0.471. The minimum Gasteiger partial charge on any atom is -0.481 e. The summed E-state index contributed by atoms with van der Waals surface area (Å²) >= 11 is 1.70. The van der Waals surface area contributed by atoms with E-state index in [9.17, 15) is 4.79 Å². The van der Waals surface area contributed by atoms with Gasteiger partial charge in [-0.05, 0) is 32.3 Å². The molecule has 0 unspecified atom stereocenters. The highest BCUT2D eigenvalue weighted by molar-refractivity contribution is 7.11. The van der Waals surface area contributed by atoms with Crippen molar-refractivity contribution >= 4 is 17.4 Å². The Morgan fingerprint density at radius 3 is 3.08 bits per heavy atom. The molecule has 1 aliphatic rings. The Morgan fingerprint density at radius 2 is 2.29 bits per heavy atom. The van der Waals surface area contributed by atoms with Gasteiger partial charge in [-0.15, -0.1) is 11.3 Å². The fourth-order valence-corrected chi connectivity index (χ4v) is 4.14. The van der Waals surface area contributed by atoms with Gasteiger partial charge in [0.05, 0.1) is 41.0 Å². The number of nitrogens with zero attached hydrogens (tertiary/aromatic N) is 3. The number of nitrogens with one attached hydrogen (secondary N) is 1. The van der Waals surface area contributed by atoms with E-state index in [1.54, 1.807) is 29.4 Å². The predicted octanol–water partition coefficient (Wildman–Crippen LogP) is 3.07. The summed E-state index contributed by atoms with van der Waals surface area (Å²) < 4.78 is 5.11. The minimum atomic E-state index is -0.0940. The third-order valence-corrected chi connectivity index (χ3v) is 5.34. The predicted molar refractivity (Wildman–Crippen MR) is 93.3 cm³/mol. The Kier molecular flexibility index (Phi) is 4.99. The molecule has 0 bridgehead atoms. The van der Waals surface area contributed by atoms with Gasteiger partial charge < -0.3 is 15.0 Å². The van der Waals surface area contributed by atoms with Gasteiger partial charge >= 0.3 is 6.03 Å². The standard InChI is InChI=1S/C17H22N4O2S/c1-11-19-13-7-5-8-14(16(13)24-11)21(2)17(22)18-10-12-6-4-9-15(20-12)23-3/h4,6,9,14H,5,7-8,10H2,1-3H3,(H,18,22)/t14-/m0/s1. The number of ether oxygens (including phenoxy) is 1. The van der Waals surface area contributed by atoms with Crippen LogP contribution in [0.15, 0.2) is 18.2 Å². The van der Waals surface area contributed by atoms with Crippen LogP contribution in [-0.2, 0) is 13.0 Å². The SMILES string of the molecule is COc1cccc(CNC(=O)N(C)[C@H]2CCCc3nc(C)sc32)n1. The molecule has 0 aliphatic heterocycles. The molecule has 0 saturated carbocycles. The molecule has 1 aliphatic carbocycles. The summed E-state index contributed by atoms with van der Waals surface area (Å²) in [5.74, 6) is 0.548. The molecule has 2 heterocycles. The van der Waals surface area contributed by atoms with Crippen molar-refractivity contribution in [3.8, 4) is 5.88 Å². The number of rotatable bonds is 4. The van der Waals surface area contributed by atoms with Gasteiger partial charge in [0.25, 0.3) is 0 Å². The number of carbonyl (C=O) groups excluding carboxylic acids is 1. The average Bonchev–Trinajstić information content (AvgIpc) is 2.99. The second-order valence-corrected chi connectivity index (χ2v) is 7.13. The Morgan fingerprint density at radius 1 is 1.46 bits per heavy atom. The first-order chi connectivity index (χ1) is 11.6. The molecule has 0 saturated heterocycles. The van der Waals surface area contributed by atoms with E-state index in [-0.39, 0.29) is 12.1 Å². The van der Waals surface area contributed by atoms with Gasteiger partial charge in [0, 0.05) is 13.1 Å². The maximum atomic E-state index is 12.5. The summed E-state index contributed by atoms with van der Waals surface area (Å²) in [4.78, 5) is 24.4. The maximum absolute atomic E-state index is 12.5. The quantitative estimate of drug-likeness (QED) is 0.924. The number of hydrogen-bond donors (Lipinski definition) is 1. The van der Waals surface area contributed by atoms with Crippen molar-refractivity contribution in [2.24, 2.45) is 0 Å². The number of fused-ring (bicyclic) bond motifs is 1. The highest BCUT2D eigenvalue weighted by Gasteiger charge is 2.29. The Bertz CT molecular complexity index is 731. The lowest BCUT2D eigenvalue weighted by atomic mass is 9.97. The molecule has 2 amide bonds. The van der Waals surface area contributed by atoms with Gasteiger partial charge in [0.1, 0.15) is 0 Å². The summed E-state index contributed by atoms with van der Waals surface area (Å²) in [6.07, 6.45) is 3.06. The molecular weight excluding hydrogens is 324 g/mol. The molecule has 0 aromatic carbocycles. The van der Waals surface area contributed by atoms with Crippen molar-refractivity contribution in [2.75, 3.05) is 14.2 Å². The number of amides is 2. The van der Waals surface area contributed by atoms with Crippen molar-refractivity contribution in [3.63, 3.8) is 0 Å². The zero-order valence-corrected chi connectivity index (χ0v) is 15.0. The molecule has 6 nitrogen and oxygen atoms in total. The van der Waals surface area contributed by atoms with Gasteiger partial charge in [0.15, 0.2) is 0 Å². The molecular formula is C17H22N4O2S. The summed E-state index contributed by atoms with van der Waals surface area (Å²) in [7, 11) is 3.43.